The van der Waals surface area contributed by atoms with Gasteiger partial charge in [0.05, 0.1) is 0 Å². The zero-order valence-corrected chi connectivity index (χ0v) is 18.0. The first kappa shape index (κ1) is 23.0. The molecule has 0 aliphatic carbocycles. The summed E-state index contributed by atoms with van der Waals surface area (Å²) >= 11 is -0.465. The maximum atomic E-state index is 11.3. The maximum Gasteiger partial charge on any atom is 0.485 e. The quantitative estimate of drug-likeness (QED) is 0.146. The van der Waals surface area contributed by atoms with E-state index in [2.05, 4.69) is 0 Å². The largest absolute Gasteiger partial charge is 0.741 e. The van der Waals surface area contributed by atoms with Gasteiger partial charge in [-0.1, -0.05) is 0 Å². The molecular weight excluding hydrogens is 556 g/mol. The average molecular weight is 566 g/mol. The second kappa shape index (κ2) is 8.80. The first-order valence-corrected chi connectivity index (χ1v) is 11.7. The van der Waals surface area contributed by atoms with Crippen molar-refractivity contribution in [2.24, 2.45) is 0 Å². The highest BCUT2D eigenvalue weighted by Crippen LogP contribution is 2.20. The number of halogens is 4. The summed E-state index contributed by atoms with van der Waals surface area (Å²) in [4.78, 5) is 22.7. The van der Waals surface area contributed by atoms with Crippen molar-refractivity contribution in [3.05, 3.63) is 88.6 Å². The molecule has 2 heterocycles. The molecule has 0 amide bonds. The van der Waals surface area contributed by atoms with Gasteiger partial charge in [0.25, 0.3) is 0 Å². The van der Waals surface area contributed by atoms with Gasteiger partial charge < -0.3 is 13.4 Å². The predicted molar refractivity (Wildman–Crippen MR) is 98.1 cm³/mol. The Kier molecular flexibility index (Phi) is 6.52. The number of fused-ring (bicyclic) bond motifs is 2. The molecule has 0 unspecified atom stereocenters. The summed E-state index contributed by atoms with van der Waals surface area (Å²) in [5.41, 5.74) is -5.14. The van der Waals surface area contributed by atoms with Crippen LogP contribution in [-0.4, -0.2) is 18.5 Å². The Morgan fingerprint density at radius 2 is 1.10 bits per heavy atom. The van der Waals surface area contributed by atoms with Gasteiger partial charge in [-0.3, -0.25) is 0 Å². The topological polar surface area (TPSA) is 118 Å². The van der Waals surface area contributed by atoms with Crippen LogP contribution in [0, 0.1) is 7.14 Å². The lowest BCUT2D eigenvalue weighted by Gasteiger charge is -2.08. The van der Waals surface area contributed by atoms with E-state index < -0.39 is 36.8 Å². The average Bonchev–Trinajstić information content (AvgIpc) is 2.66. The van der Waals surface area contributed by atoms with Crippen LogP contribution in [0.5, 0.6) is 0 Å². The van der Waals surface area contributed by atoms with E-state index in [1.54, 1.807) is 12.1 Å². The van der Waals surface area contributed by atoms with Gasteiger partial charge in [-0.2, -0.15) is 13.2 Å². The van der Waals surface area contributed by atoms with Gasteiger partial charge in [-0.15, -0.1) is 0 Å². The van der Waals surface area contributed by atoms with Gasteiger partial charge in [0, 0.05) is 35.0 Å². The minimum Gasteiger partial charge on any atom is -0.741 e. The van der Waals surface area contributed by atoms with Crippen LogP contribution in [-0.2, 0) is 10.1 Å². The first-order chi connectivity index (χ1) is 14.4. The zero-order valence-electron chi connectivity index (χ0n) is 15.1. The van der Waals surface area contributed by atoms with Gasteiger partial charge in [-0.25, -0.2) is 18.0 Å². The van der Waals surface area contributed by atoms with Gasteiger partial charge in [-0.05, 0) is 36.4 Å². The molecule has 4 aromatic rings. The molecule has 0 fully saturated rings. The Morgan fingerprint density at radius 1 is 0.742 bits per heavy atom. The van der Waals surface area contributed by atoms with E-state index in [1.807, 2.05) is 36.4 Å². The highest BCUT2D eigenvalue weighted by molar-refractivity contribution is 7.86. The molecule has 0 saturated heterocycles. The monoisotopic (exact) mass is 566 g/mol. The molecule has 4 rings (SSSR count). The van der Waals surface area contributed by atoms with Crippen LogP contribution >= 0.6 is 0 Å². The van der Waals surface area contributed by atoms with Gasteiger partial charge in [0.15, 0.2) is 17.3 Å². The van der Waals surface area contributed by atoms with Crippen molar-refractivity contribution in [1.82, 2.24) is 0 Å². The molecule has 0 N–H and O–H groups in total. The summed E-state index contributed by atoms with van der Waals surface area (Å²) < 4.78 is 71.6. The van der Waals surface area contributed by atoms with Crippen molar-refractivity contribution in [3.8, 4) is 0 Å². The van der Waals surface area contributed by atoms with Crippen molar-refractivity contribution >= 4 is 32.1 Å². The van der Waals surface area contributed by atoms with E-state index in [1.165, 1.54) is 12.1 Å². The molecule has 162 valence electrons. The Morgan fingerprint density at radius 3 is 1.45 bits per heavy atom. The number of hydrogen-bond donors (Lipinski definition) is 0. The van der Waals surface area contributed by atoms with Crippen LogP contribution in [0.25, 0.3) is 21.9 Å². The highest BCUT2D eigenvalue weighted by atomic mass is 127. The Hall–Kier alpha value is -2.71. The molecule has 0 radical (unpaired) electrons. The predicted octanol–water partition coefficient (Wildman–Crippen LogP) is 0.0792. The van der Waals surface area contributed by atoms with Gasteiger partial charge in [0.1, 0.15) is 11.2 Å². The summed E-state index contributed by atoms with van der Waals surface area (Å²) in [5.74, 6) is 0. The summed E-state index contributed by atoms with van der Waals surface area (Å²) in [6, 6.07) is 18.2. The fraction of sp³-hybridized carbons (Fsp3) is 0.0526. The molecule has 7 nitrogen and oxygen atoms in total. The number of hydrogen-bond acceptors (Lipinski definition) is 7. The van der Waals surface area contributed by atoms with E-state index in [-0.39, 0.29) is 11.3 Å². The molecule has 2 aromatic heterocycles. The van der Waals surface area contributed by atoms with Crippen molar-refractivity contribution in [3.63, 3.8) is 0 Å². The SMILES string of the molecule is O=S(=O)([O-])C(F)(F)F.O=c1ccc2ccc([I+]c3ccc4ccc(=O)oc4c3)cc2o1. The molecule has 31 heavy (non-hydrogen) atoms. The third kappa shape index (κ3) is 5.92. The standard InChI is InChI=1S/C18H10IO4.CHF3O3S/c20-17-7-3-11-1-5-13(9-15(11)22-17)19-14-6-2-12-4-8-18(21)23-16(12)10-14;2-1(3,4)8(5,6)7/h1-10H;(H,5,6,7)/q+1;/p-1. The van der Waals surface area contributed by atoms with Crippen LogP contribution < -0.4 is 32.5 Å². The van der Waals surface area contributed by atoms with Gasteiger partial charge in [0.2, 0.25) is 0 Å². The Balaban J connectivity index is 0.000000293. The zero-order chi connectivity index (χ0) is 22.8. The second-order valence-corrected chi connectivity index (χ2v) is 10.3. The van der Waals surface area contributed by atoms with Crippen LogP contribution in [0.15, 0.2) is 79.1 Å². The number of alkyl halides is 3. The van der Waals surface area contributed by atoms with Crippen LogP contribution in [0.3, 0.4) is 0 Å². The smallest absolute Gasteiger partial charge is 0.485 e. The Labute approximate surface area is 182 Å². The lowest BCUT2D eigenvalue weighted by molar-refractivity contribution is -0.597. The van der Waals surface area contributed by atoms with E-state index in [9.17, 15) is 22.8 Å². The second-order valence-electron chi connectivity index (χ2n) is 5.87. The lowest BCUT2D eigenvalue weighted by atomic mass is 10.2. The fourth-order valence-electron chi connectivity index (χ4n) is 2.31. The third-order valence-corrected chi connectivity index (χ3v) is 6.83. The molecule has 0 spiro atoms. The number of rotatable bonds is 2. The van der Waals surface area contributed by atoms with Crippen molar-refractivity contribution in [2.45, 2.75) is 5.51 Å². The molecule has 2 aromatic carbocycles. The minimum absolute atomic E-state index is 0.347. The summed E-state index contributed by atoms with van der Waals surface area (Å²) in [6.07, 6.45) is 0. The fourth-order valence-corrected chi connectivity index (χ4v) is 4.63. The maximum absolute atomic E-state index is 11.3. The molecule has 12 heteroatoms. The van der Waals surface area contributed by atoms with Crippen molar-refractivity contribution < 1.29 is 56.2 Å². The summed E-state index contributed by atoms with van der Waals surface area (Å²) in [6.45, 7) is 0. The lowest BCUT2D eigenvalue weighted by Crippen LogP contribution is -3.61. The number of benzene rings is 2. The van der Waals surface area contributed by atoms with Crippen LogP contribution in [0.2, 0.25) is 0 Å². The Bertz CT molecular complexity index is 1380. The molecule has 0 aliphatic heterocycles. The molecule has 0 bridgehead atoms. The van der Waals surface area contributed by atoms with Crippen LogP contribution in [0.1, 0.15) is 0 Å². The summed E-state index contributed by atoms with van der Waals surface area (Å²) in [7, 11) is -6.09. The summed E-state index contributed by atoms with van der Waals surface area (Å²) in [5, 5.41) is 1.81. The van der Waals surface area contributed by atoms with Crippen LogP contribution in [0.4, 0.5) is 13.2 Å². The molecular formula is C19H10F3IO7S. The minimum atomic E-state index is -6.09. The van der Waals surface area contributed by atoms with E-state index in [4.69, 9.17) is 21.8 Å². The van der Waals surface area contributed by atoms with E-state index >= 15 is 0 Å². The highest BCUT2D eigenvalue weighted by Gasteiger charge is 2.36. The normalized spacial score (nSPS) is 11.9. The van der Waals surface area contributed by atoms with Gasteiger partial charge >= 0.3 is 38.0 Å². The molecule has 0 aliphatic rings. The molecule has 0 atom stereocenters. The van der Waals surface area contributed by atoms with Crippen molar-refractivity contribution in [2.75, 3.05) is 0 Å². The molecule has 0 saturated carbocycles. The van der Waals surface area contributed by atoms with E-state index in [0.717, 1.165) is 17.9 Å². The van der Waals surface area contributed by atoms with Crippen molar-refractivity contribution in [1.29, 1.82) is 0 Å². The first-order valence-electron chi connectivity index (χ1n) is 8.17. The van der Waals surface area contributed by atoms with E-state index in [0.29, 0.717) is 11.2 Å². The third-order valence-electron chi connectivity index (χ3n) is 3.67.